The summed E-state index contributed by atoms with van der Waals surface area (Å²) in [5, 5.41) is 23.8. The Labute approximate surface area is 154 Å². The lowest BCUT2D eigenvalue weighted by molar-refractivity contribution is -0.385. The summed E-state index contributed by atoms with van der Waals surface area (Å²) in [5.74, 6) is -0.577. The summed E-state index contributed by atoms with van der Waals surface area (Å²) in [5.41, 5.74) is 1.23. The van der Waals surface area contributed by atoms with E-state index in [4.69, 9.17) is 11.6 Å². The summed E-state index contributed by atoms with van der Waals surface area (Å²) in [6.07, 6.45) is 1.36. The lowest BCUT2D eigenvalue weighted by Crippen LogP contribution is -1.98. The molecule has 0 aliphatic rings. The Morgan fingerprint density at radius 2 is 2.12 bits per heavy atom. The second kappa shape index (κ2) is 6.63. The minimum Gasteiger partial charge on any atom is -0.354 e. The molecule has 25 heavy (non-hydrogen) atoms. The van der Waals surface area contributed by atoms with Crippen LogP contribution >= 0.6 is 27.5 Å². The molecule has 6 nitrogen and oxygen atoms in total. The predicted octanol–water partition coefficient (Wildman–Crippen LogP) is 5.31. The van der Waals surface area contributed by atoms with Crippen molar-refractivity contribution in [2.75, 3.05) is 5.32 Å². The van der Waals surface area contributed by atoms with Gasteiger partial charge in [-0.2, -0.15) is 5.26 Å². The molecule has 0 fully saturated rings. The molecule has 3 rings (SSSR count). The van der Waals surface area contributed by atoms with Gasteiger partial charge in [-0.3, -0.25) is 15.1 Å². The van der Waals surface area contributed by atoms with Crippen LogP contribution in [0.25, 0.3) is 10.9 Å². The van der Waals surface area contributed by atoms with Gasteiger partial charge in [-0.15, -0.1) is 0 Å². The van der Waals surface area contributed by atoms with Crippen LogP contribution in [0.1, 0.15) is 5.56 Å². The normalized spacial score (nSPS) is 10.5. The van der Waals surface area contributed by atoms with Crippen LogP contribution in [0.3, 0.4) is 0 Å². The smallest absolute Gasteiger partial charge is 0.284 e. The molecule has 1 heterocycles. The van der Waals surface area contributed by atoms with Crippen LogP contribution in [0.15, 0.2) is 41.0 Å². The molecule has 0 radical (unpaired) electrons. The highest BCUT2D eigenvalue weighted by Gasteiger charge is 2.18. The maximum atomic E-state index is 13.3. The van der Waals surface area contributed by atoms with Crippen molar-refractivity contribution in [3.8, 4) is 6.07 Å². The highest BCUT2D eigenvalue weighted by Crippen LogP contribution is 2.36. The first kappa shape index (κ1) is 17.1. The van der Waals surface area contributed by atoms with E-state index in [1.54, 1.807) is 0 Å². The molecule has 0 aliphatic carbocycles. The molecule has 0 aliphatic heterocycles. The number of benzene rings is 2. The molecule has 3 aromatic rings. The van der Waals surface area contributed by atoms with Gasteiger partial charge in [0.25, 0.3) is 5.69 Å². The highest BCUT2D eigenvalue weighted by atomic mass is 79.9. The molecule has 0 amide bonds. The number of anilines is 2. The average Bonchev–Trinajstić information content (AvgIpc) is 2.57. The first-order valence-electron chi connectivity index (χ1n) is 6.79. The number of nitriles is 1. The Morgan fingerprint density at radius 1 is 1.36 bits per heavy atom. The van der Waals surface area contributed by atoms with Crippen molar-refractivity contribution in [3.63, 3.8) is 0 Å². The van der Waals surface area contributed by atoms with Crippen molar-refractivity contribution in [2.45, 2.75) is 0 Å². The van der Waals surface area contributed by atoms with Gasteiger partial charge in [-0.25, -0.2) is 4.39 Å². The summed E-state index contributed by atoms with van der Waals surface area (Å²) in [6.45, 7) is 0. The Balaban J connectivity index is 2.23. The highest BCUT2D eigenvalue weighted by molar-refractivity contribution is 9.10. The molecule has 0 unspecified atom stereocenters. The minimum atomic E-state index is -0.577. The van der Waals surface area contributed by atoms with Crippen LogP contribution in [-0.2, 0) is 0 Å². The molecule has 1 aromatic heterocycles. The second-order valence-electron chi connectivity index (χ2n) is 4.99. The van der Waals surface area contributed by atoms with Crippen LogP contribution in [0.5, 0.6) is 0 Å². The fourth-order valence-electron chi connectivity index (χ4n) is 2.28. The number of pyridine rings is 1. The van der Waals surface area contributed by atoms with Crippen LogP contribution < -0.4 is 5.32 Å². The minimum absolute atomic E-state index is 0.0874. The third-order valence-corrected chi connectivity index (χ3v) is 4.37. The van der Waals surface area contributed by atoms with E-state index in [2.05, 4.69) is 26.2 Å². The summed E-state index contributed by atoms with van der Waals surface area (Å²) in [4.78, 5) is 14.8. The van der Waals surface area contributed by atoms with Gasteiger partial charge >= 0.3 is 0 Å². The van der Waals surface area contributed by atoms with Gasteiger partial charge in [0.2, 0.25) is 0 Å². The fraction of sp³-hybridized carbons (Fsp3) is 0. The lowest BCUT2D eigenvalue weighted by Gasteiger charge is -2.12. The maximum Gasteiger partial charge on any atom is 0.284 e. The Bertz CT molecular complexity index is 1070. The van der Waals surface area contributed by atoms with Crippen LogP contribution in [0, 0.1) is 27.3 Å². The molecule has 0 atom stereocenters. The van der Waals surface area contributed by atoms with Gasteiger partial charge in [-0.05, 0) is 40.2 Å². The number of fused-ring (bicyclic) bond motifs is 1. The summed E-state index contributed by atoms with van der Waals surface area (Å²) in [7, 11) is 0. The van der Waals surface area contributed by atoms with Crippen LogP contribution in [0.4, 0.5) is 21.5 Å². The lowest BCUT2D eigenvalue weighted by atomic mass is 10.1. The number of rotatable bonds is 3. The Hall–Kier alpha value is -2.76. The van der Waals surface area contributed by atoms with Crippen LogP contribution in [0.2, 0.25) is 5.02 Å². The number of aromatic nitrogens is 1. The number of hydrogen-bond acceptors (Lipinski definition) is 5. The fourth-order valence-corrected chi connectivity index (χ4v) is 2.94. The van der Waals surface area contributed by atoms with E-state index in [0.29, 0.717) is 22.3 Å². The van der Waals surface area contributed by atoms with Gasteiger partial charge in [0.05, 0.1) is 31.2 Å². The second-order valence-corrected chi connectivity index (χ2v) is 6.25. The summed E-state index contributed by atoms with van der Waals surface area (Å²) >= 11 is 8.91. The van der Waals surface area contributed by atoms with E-state index in [9.17, 15) is 19.8 Å². The zero-order chi connectivity index (χ0) is 18.1. The van der Waals surface area contributed by atoms with E-state index >= 15 is 0 Å². The van der Waals surface area contributed by atoms with E-state index in [-0.39, 0.29) is 20.7 Å². The van der Waals surface area contributed by atoms with Gasteiger partial charge in [0.15, 0.2) is 0 Å². The van der Waals surface area contributed by atoms with E-state index < -0.39 is 10.7 Å². The summed E-state index contributed by atoms with van der Waals surface area (Å²) < 4.78 is 13.6. The van der Waals surface area contributed by atoms with Crippen molar-refractivity contribution in [3.05, 3.63) is 67.5 Å². The average molecular weight is 422 g/mol. The molecular weight excluding hydrogens is 415 g/mol. The molecular formula is C16H7BrClFN4O2. The predicted molar refractivity (Wildman–Crippen MR) is 95.5 cm³/mol. The molecule has 0 bridgehead atoms. The molecule has 9 heteroatoms. The third-order valence-electron chi connectivity index (χ3n) is 3.44. The van der Waals surface area contributed by atoms with Crippen molar-refractivity contribution < 1.29 is 9.31 Å². The zero-order valence-corrected chi connectivity index (χ0v) is 14.6. The first-order chi connectivity index (χ1) is 11.9. The SMILES string of the molecule is N#Cc1cnc2cc(Br)c([N+](=O)[O-])cc2c1Nc1ccc(F)c(Cl)c1. The van der Waals surface area contributed by atoms with Gasteiger partial charge in [0, 0.05) is 23.3 Å². The number of nitro benzene ring substituents is 1. The third kappa shape index (κ3) is 3.24. The van der Waals surface area contributed by atoms with Crippen molar-refractivity contribution in [2.24, 2.45) is 0 Å². The van der Waals surface area contributed by atoms with Gasteiger partial charge in [-0.1, -0.05) is 11.6 Å². The Kier molecular flexibility index (Phi) is 4.53. The Morgan fingerprint density at radius 3 is 2.76 bits per heavy atom. The van der Waals surface area contributed by atoms with Crippen molar-refractivity contribution >= 4 is 55.5 Å². The summed E-state index contributed by atoms with van der Waals surface area (Å²) in [6, 6.07) is 8.79. The number of hydrogen-bond donors (Lipinski definition) is 1. The van der Waals surface area contributed by atoms with Crippen molar-refractivity contribution in [1.82, 2.24) is 4.98 Å². The maximum absolute atomic E-state index is 13.3. The molecule has 0 saturated carbocycles. The molecule has 0 spiro atoms. The largest absolute Gasteiger partial charge is 0.354 e. The topological polar surface area (TPSA) is 91.8 Å². The van der Waals surface area contributed by atoms with Crippen molar-refractivity contribution in [1.29, 1.82) is 5.26 Å². The number of nitrogens with one attached hydrogen (secondary N) is 1. The number of nitrogens with zero attached hydrogens (tertiary/aromatic N) is 3. The molecule has 0 saturated heterocycles. The standard InChI is InChI=1S/C16H7BrClFN4O2/c17-11-5-14-10(4-15(11)23(24)25)16(8(6-20)7-21-14)22-9-1-2-13(19)12(18)3-9/h1-5,7H,(H,21,22). The van der Waals surface area contributed by atoms with E-state index in [1.807, 2.05) is 6.07 Å². The molecule has 2 aromatic carbocycles. The molecule has 1 N–H and O–H groups in total. The van der Waals surface area contributed by atoms with Crippen LogP contribution in [-0.4, -0.2) is 9.91 Å². The van der Waals surface area contributed by atoms with E-state index in [1.165, 1.54) is 36.5 Å². The monoisotopic (exact) mass is 420 g/mol. The quantitative estimate of drug-likeness (QED) is 0.457. The van der Waals surface area contributed by atoms with Gasteiger partial charge in [0.1, 0.15) is 11.9 Å². The number of nitro groups is 1. The molecule has 124 valence electrons. The first-order valence-corrected chi connectivity index (χ1v) is 7.96. The van der Waals surface area contributed by atoms with Gasteiger partial charge < -0.3 is 5.32 Å². The van der Waals surface area contributed by atoms with E-state index in [0.717, 1.165) is 0 Å². The zero-order valence-electron chi connectivity index (χ0n) is 12.3. The number of halogens is 3.